The van der Waals surface area contributed by atoms with Gasteiger partial charge in [-0.3, -0.25) is 4.79 Å². The van der Waals surface area contributed by atoms with E-state index < -0.39 is 0 Å². The molecule has 0 unspecified atom stereocenters. The number of hydrogen-bond donors (Lipinski definition) is 1. The van der Waals surface area contributed by atoms with Crippen molar-refractivity contribution in [3.8, 4) is 5.75 Å². The van der Waals surface area contributed by atoms with Gasteiger partial charge in [0.25, 0.3) is 0 Å². The molecule has 1 fully saturated rings. The van der Waals surface area contributed by atoms with E-state index in [0.29, 0.717) is 12.6 Å². The zero-order valence-electron chi connectivity index (χ0n) is 12.2. The minimum absolute atomic E-state index is 0.157. The summed E-state index contributed by atoms with van der Waals surface area (Å²) >= 11 is 0. The highest BCUT2D eigenvalue weighted by molar-refractivity contribution is 5.86. The van der Waals surface area contributed by atoms with Crippen molar-refractivity contribution in [2.75, 3.05) is 0 Å². The van der Waals surface area contributed by atoms with Crippen LogP contribution in [0.3, 0.4) is 0 Å². The van der Waals surface area contributed by atoms with E-state index in [0.717, 1.165) is 24.2 Å². The van der Waals surface area contributed by atoms with E-state index in [-0.39, 0.29) is 5.91 Å². The van der Waals surface area contributed by atoms with Crippen LogP contribution >= 0.6 is 0 Å². The highest BCUT2D eigenvalue weighted by Gasteiger charge is 2.16. The van der Waals surface area contributed by atoms with Gasteiger partial charge in [-0.05, 0) is 44.7 Å². The first-order valence-electron chi connectivity index (χ1n) is 7.35. The van der Waals surface area contributed by atoms with Crippen molar-refractivity contribution in [2.45, 2.75) is 51.7 Å². The van der Waals surface area contributed by atoms with Gasteiger partial charge < -0.3 is 10.1 Å². The average Bonchev–Trinajstić information content (AvgIpc) is 2.48. The number of benzene rings is 1. The molecule has 108 valence electrons. The maximum absolute atomic E-state index is 11.3. The lowest BCUT2D eigenvalue weighted by molar-refractivity contribution is -0.116. The Balaban J connectivity index is 2.06. The fourth-order valence-corrected chi connectivity index (χ4v) is 2.58. The number of carbonyl (C=O) groups is 1. The summed E-state index contributed by atoms with van der Waals surface area (Å²) in [6.45, 7) is 5.99. The molecule has 0 aromatic heterocycles. The van der Waals surface area contributed by atoms with Crippen molar-refractivity contribution >= 4 is 5.91 Å². The molecule has 2 rings (SSSR count). The zero-order chi connectivity index (χ0) is 14.4. The number of amides is 1. The van der Waals surface area contributed by atoms with E-state index in [1.54, 1.807) is 0 Å². The first-order valence-corrected chi connectivity index (χ1v) is 7.35. The van der Waals surface area contributed by atoms with E-state index in [1.165, 1.54) is 30.9 Å². The van der Waals surface area contributed by atoms with Crippen LogP contribution in [-0.4, -0.2) is 12.0 Å². The van der Waals surface area contributed by atoms with Gasteiger partial charge in [0.1, 0.15) is 5.75 Å². The van der Waals surface area contributed by atoms with E-state index in [2.05, 4.69) is 24.0 Å². The summed E-state index contributed by atoms with van der Waals surface area (Å²) in [5.74, 6) is 0.738. The van der Waals surface area contributed by atoms with Gasteiger partial charge in [-0.1, -0.05) is 30.7 Å². The number of ether oxygens (including phenoxy) is 1. The molecule has 1 saturated carbocycles. The first-order chi connectivity index (χ1) is 9.69. The topological polar surface area (TPSA) is 38.3 Å². The summed E-state index contributed by atoms with van der Waals surface area (Å²) in [7, 11) is 0. The highest BCUT2D eigenvalue weighted by Crippen LogP contribution is 2.26. The first kappa shape index (κ1) is 14.6. The van der Waals surface area contributed by atoms with Gasteiger partial charge in [0, 0.05) is 12.1 Å². The predicted molar refractivity (Wildman–Crippen MR) is 80.7 cm³/mol. The van der Waals surface area contributed by atoms with E-state index in [9.17, 15) is 4.79 Å². The van der Waals surface area contributed by atoms with Crippen LogP contribution in [0.15, 0.2) is 30.9 Å². The molecule has 1 aliphatic carbocycles. The van der Waals surface area contributed by atoms with Gasteiger partial charge in [-0.15, -0.1) is 0 Å². The fraction of sp³-hybridized carbons (Fsp3) is 0.471. The standard InChI is InChI=1S/C17H23NO2/c1-3-17(19)18-12-14-11-13(2)9-10-16(14)20-15-7-5-4-6-8-15/h3,9-11,15H,1,4-8,12H2,2H3,(H,18,19). The molecule has 1 aromatic rings. The molecule has 0 spiro atoms. The molecule has 20 heavy (non-hydrogen) atoms. The molecule has 0 radical (unpaired) electrons. The lowest BCUT2D eigenvalue weighted by atomic mass is 9.97. The third-order valence-electron chi connectivity index (χ3n) is 3.70. The Hall–Kier alpha value is -1.77. The minimum Gasteiger partial charge on any atom is -0.490 e. The average molecular weight is 273 g/mol. The van der Waals surface area contributed by atoms with Crippen molar-refractivity contribution in [1.29, 1.82) is 0 Å². The Labute approximate surface area is 121 Å². The largest absolute Gasteiger partial charge is 0.490 e. The maximum atomic E-state index is 11.3. The van der Waals surface area contributed by atoms with Crippen molar-refractivity contribution in [1.82, 2.24) is 5.32 Å². The number of carbonyl (C=O) groups excluding carboxylic acids is 1. The van der Waals surface area contributed by atoms with Crippen LogP contribution in [0.2, 0.25) is 0 Å². The third-order valence-corrected chi connectivity index (χ3v) is 3.70. The molecule has 0 saturated heterocycles. The molecule has 1 aliphatic rings. The second-order valence-electron chi connectivity index (χ2n) is 5.41. The zero-order valence-corrected chi connectivity index (χ0v) is 12.2. The normalized spacial score (nSPS) is 15.7. The summed E-state index contributed by atoms with van der Waals surface area (Å²) in [5, 5.41) is 2.82. The molecule has 0 heterocycles. The molecule has 1 amide bonds. The molecule has 3 heteroatoms. The van der Waals surface area contributed by atoms with Crippen LogP contribution in [0.1, 0.15) is 43.2 Å². The Morgan fingerprint density at radius 3 is 2.85 bits per heavy atom. The van der Waals surface area contributed by atoms with Crippen LogP contribution in [0.25, 0.3) is 0 Å². The maximum Gasteiger partial charge on any atom is 0.243 e. The Morgan fingerprint density at radius 2 is 2.15 bits per heavy atom. The van der Waals surface area contributed by atoms with Crippen molar-refractivity contribution in [3.05, 3.63) is 42.0 Å². The van der Waals surface area contributed by atoms with Crippen molar-refractivity contribution in [2.24, 2.45) is 0 Å². The van der Waals surface area contributed by atoms with Gasteiger partial charge in [0.15, 0.2) is 0 Å². The molecule has 0 bridgehead atoms. The molecule has 1 N–H and O–H groups in total. The van der Waals surface area contributed by atoms with E-state index >= 15 is 0 Å². The highest BCUT2D eigenvalue weighted by atomic mass is 16.5. The Morgan fingerprint density at radius 1 is 1.40 bits per heavy atom. The molecule has 1 aromatic carbocycles. The number of nitrogens with one attached hydrogen (secondary N) is 1. The summed E-state index contributed by atoms with van der Waals surface area (Å²) < 4.78 is 6.13. The number of aryl methyl sites for hydroxylation is 1. The third kappa shape index (κ3) is 4.12. The predicted octanol–water partition coefficient (Wildman–Crippen LogP) is 3.51. The summed E-state index contributed by atoms with van der Waals surface area (Å²) in [6, 6.07) is 6.14. The van der Waals surface area contributed by atoms with Gasteiger partial charge in [-0.25, -0.2) is 0 Å². The summed E-state index contributed by atoms with van der Waals surface area (Å²) in [5.41, 5.74) is 2.20. The lowest BCUT2D eigenvalue weighted by Gasteiger charge is -2.24. The van der Waals surface area contributed by atoms with Crippen LogP contribution < -0.4 is 10.1 Å². The van der Waals surface area contributed by atoms with Crippen LogP contribution in [0.5, 0.6) is 5.75 Å². The number of rotatable bonds is 5. The summed E-state index contributed by atoms with van der Waals surface area (Å²) in [6.07, 6.45) is 7.69. The quantitative estimate of drug-likeness (QED) is 0.834. The molecule has 3 nitrogen and oxygen atoms in total. The second kappa shape index (κ2) is 7.13. The molecule has 0 aliphatic heterocycles. The second-order valence-corrected chi connectivity index (χ2v) is 5.41. The SMILES string of the molecule is C=CC(=O)NCc1cc(C)ccc1OC1CCCCC1. The lowest BCUT2D eigenvalue weighted by Crippen LogP contribution is -2.23. The molecular weight excluding hydrogens is 250 g/mol. The molecule has 0 atom stereocenters. The van der Waals surface area contributed by atoms with Crippen LogP contribution in [0, 0.1) is 6.92 Å². The van der Waals surface area contributed by atoms with E-state index in [1.807, 2.05) is 13.0 Å². The minimum atomic E-state index is -0.157. The van der Waals surface area contributed by atoms with Gasteiger partial charge in [-0.2, -0.15) is 0 Å². The Bertz CT molecular complexity index is 476. The van der Waals surface area contributed by atoms with Gasteiger partial charge >= 0.3 is 0 Å². The van der Waals surface area contributed by atoms with Gasteiger partial charge in [0.2, 0.25) is 5.91 Å². The molecular formula is C17H23NO2. The monoisotopic (exact) mass is 273 g/mol. The summed E-state index contributed by atoms with van der Waals surface area (Å²) in [4.78, 5) is 11.3. The van der Waals surface area contributed by atoms with Crippen LogP contribution in [-0.2, 0) is 11.3 Å². The van der Waals surface area contributed by atoms with Gasteiger partial charge in [0.05, 0.1) is 6.10 Å². The smallest absolute Gasteiger partial charge is 0.243 e. The Kier molecular flexibility index (Phi) is 5.22. The fourth-order valence-electron chi connectivity index (χ4n) is 2.58. The van der Waals surface area contributed by atoms with E-state index in [4.69, 9.17) is 4.74 Å². The van der Waals surface area contributed by atoms with Crippen molar-refractivity contribution in [3.63, 3.8) is 0 Å². The van der Waals surface area contributed by atoms with Crippen LogP contribution in [0.4, 0.5) is 0 Å². The number of hydrogen-bond acceptors (Lipinski definition) is 2. The van der Waals surface area contributed by atoms with Crippen molar-refractivity contribution < 1.29 is 9.53 Å².